The molecule has 7 heteroatoms. The Labute approximate surface area is 175 Å². The lowest BCUT2D eigenvalue weighted by atomic mass is 10.1. The molecule has 30 heavy (non-hydrogen) atoms. The van der Waals surface area contributed by atoms with Crippen LogP contribution < -0.4 is 5.32 Å². The van der Waals surface area contributed by atoms with Gasteiger partial charge in [0.2, 0.25) is 5.91 Å². The minimum Gasteiger partial charge on any atom is -0.510 e. The number of amides is 2. The number of nitrogens with zero attached hydrogens (tertiary/aromatic N) is 1. The van der Waals surface area contributed by atoms with Gasteiger partial charge in [0.15, 0.2) is 0 Å². The molecule has 2 aromatic carbocycles. The smallest absolute Gasteiger partial charge is 0.323 e. The highest BCUT2D eigenvalue weighted by molar-refractivity contribution is 5.93. The normalized spacial score (nSPS) is 15.1. The van der Waals surface area contributed by atoms with Crippen molar-refractivity contribution in [3.05, 3.63) is 83.6 Å². The summed E-state index contributed by atoms with van der Waals surface area (Å²) in [6.45, 7) is 1.54. The van der Waals surface area contributed by atoms with Crippen LogP contribution in [0.4, 0.5) is 0 Å². The lowest BCUT2D eigenvalue weighted by molar-refractivity contribution is -0.143. The van der Waals surface area contributed by atoms with E-state index in [0.29, 0.717) is 6.42 Å². The summed E-state index contributed by atoms with van der Waals surface area (Å²) < 4.78 is 0. The molecule has 7 nitrogen and oxygen atoms in total. The monoisotopic (exact) mass is 410 g/mol. The zero-order valence-corrected chi connectivity index (χ0v) is 16.8. The first-order valence-corrected chi connectivity index (χ1v) is 9.62. The zero-order valence-electron chi connectivity index (χ0n) is 16.8. The first-order chi connectivity index (χ1) is 14.4. The molecule has 0 radical (unpaired) electrons. The number of carboxylic acid groups (broad SMARTS) is 1. The number of aliphatic hydroxyl groups excluding tert-OH is 1. The third kappa shape index (κ3) is 7.43. The fraction of sp³-hybridized carbons (Fsp3) is 0.261. The minimum absolute atomic E-state index is 0.0189. The zero-order chi connectivity index (χ0) is 21.9. The summed E-state index contributed by atoms with van der Waals surface area (Å²) in [4.78, 5) is 35.2. The van der Waals surface area contributed by atoms with Crippen molar-refractivity contribution in [3.63, 3.8) is 0 Å². The lowest BCUT2D eigenvalue weighted by Crippen LogP contribution is -2.45. The van der Waals surface area contributed by atoms with Crippen LogP contribution in [0, 0.1) is 6.92 Å². The average Bonchev–Trinajstić information content (AvgIpc) is 2.98. The van der Waals surface area contributed by atoms with E-state index < -0.39 is 24.5 Å². The molecule has 3 N–H and O–H groups in total. The summed E-state index contributed by atoms with van der Waals surface area (Å²) >= 11 is 0. The Bertz CT molecular complexity index is 881. The highest BCUT2D eigenvalue weighted by Gasteiger charge is 2.34. The molecule has 158 valence electrons. The van der Waals surface area contributed by atoms with Crippen LogP contribution in [0.5, 0.6) is 0 Å². The maximum absolute atomic E-state index is 11.9. The van der Waals surface area contributed by atoms with Crippen LogP contribution in [0.2, 0.25) is 0 Å². The Morgan fingerprint density at radius 1 is 1.03 bits per heavy atom. The Hall–Kier alpha value is -3.61. The molecular formula is C23H26N2O5. The predicted octanol–water partition coefficient (Wildman–Crippen LogP) is 2.47. The molecule has 0 aliphatic carbocycles. The van der Waals surface area contributed by atoms with Gasteiger partial charge in [0, 0.05) is 19.0 Å². The Kier molecular flexibility index (Phi) is 8.62. The Morgan fingerprint density at radius 3 is 2.17 bits per heavy atom. The van der Waals surface area contributed by atoms with E-state index in [1.54, 1.807) is 0 Å². The van der Waals surface area contributed by atoms with Crippen molar-refractivity contribution >= 4 is 17.8 Å². The molecule has 1 aliphatic heterocycles. The van der Waals surface area contributed by atoms with Gasteiger partial charge in [-0.15, -0.1) is 0 Å². The number of benzene rings is 2. The number of carboxylic acids is 1. The molecule has 2 amide bonds. The summed E-state index contributed by atoms with van der Waals surface area (Å²) in [5, 5.41) is 21.1. The van der Waals surface area contributed by atoms with Gasteiger partial charge in [-0.2, -0.15) is 0 Å². The van der Waals surface area contributed by atoms with Crippen LogP contribution in [-0.4, -0.2) is 52.0 Å². The van der Waals surface area contributed by atoms with E-state index in [4.69, 9.17) is 5.11 Å². The van der Waals surface area contributed by atoms with E-state index in [-0.39, 0.29) is 24.6 Å². The molecular weight excluding hydrogens is 384 g/mol. The largest absolute Gasteiger partial charge is 0.510 e. The van der Waals surface area contributed by atoms with Gasteiger partial charge in [-0.05, 0) is 18.9 Å². The Balaban J connectivity index is 0.000000386. The summed E-state index contributed by atoms with van der Waals surface area (Å²) in [6, 6.07) is 19.0. The highest BCUT2D eigenvalue weighted by atomic mass is 16.4. The van der Waals surface area contributed by atoms with Crippen molar-refractivity contribution in [2.45, 2.75) is 25.8 Å². The maximum atomic E-state index is 11.9. The summed E-state index contributed by atoms with van der Waals surface area (Å²) in [5.41, 5.74) is 2.36. The first-order valence-electron chi connectivity index (χ1n) is 9.62. The van der Waals surface area contributed by atoms with E-state index in [1.807, 2.05) is 48.5 Å². The molecule has 0 saturated heterocycles. The van der Waals surface area contributed by atoms with Gasteiger partial charge in [-0.25, -0.2) is 0 Å². The summed E-state index contributed by atoms with van der Waals surface area (Å²) in [7, 11) is 0. The van der Waals surface area contributed by atoms with Crippen LogP contribution in [0.25, 0.3) is 0 Å². The molecule has 1 atom stereocenters. The van der Waals surface area contributed by atoms with Crippen molar-refractivity contribution in [1.29, 1.82) is 0 Å². The molecule has 0 spiro atoms. The Morgan fingerprint density at radius 2 is 1.63 bits per heavy atom. The van der Waals surface area contributed by atoms with E-state index >= 15 is 0 Å². The van der Waals surface area contributed by atoms with Gasteiger partial charge in [0.05, 0.1) is 0 Å². The summed E-state index contributed by atoms with van der Waals surface area (Å²) in [5.74, 6) is -2.22. The average molecular weight is 410 g/mol. The number of rotatable bonds is 7. The van der Waals surface area contributed by atoms with Gasteiger partial charge in [0.25, 0.3) is 5.91 Å². The number of hydrogen-bond donors (Lipinski definition) is 3. The lowest BCUT2D eigenvalue weighted by Gasteiger charge is -2.23. The molecule has 1 unspecified atom stereocenters. The van der Waals surface area contributed by atoms with Crippen molar-refractivity contribution in [2.24, 2.45) is 0 Å². The molecule has 3 rings (SSSR count). The number of carbonyl (C=O) groups excluding carboxylic acids is 2. The predicted molar refractivity (Wildman–Crippen MR) is 113 cm³/mol. The van der Waals surface area contributed by atoms with Gasteiger partial charge in [0.1, 0.15) is 18.3 Å². The fourth-order valence-electron chi connectivity index (χ4n) is 2.90. The topological polar surface area (TPSA) is 107 Å². The quantitative estimate of drug-likeness (QED) is 0.650. The second-order valence-corrected chi connectivity index (χ2v) is 6.89. The number of hydrogen-bond acceptors (Lipinski definition) is 4. The standard InChI is InChI=1S/C16H18N2O5.C7H8/c19-13-8-15(21)18(10-16(22)23)12(13)9-17-14(20)7-6-11-4-2-1-3-5-11;1-7-5-3-2-4-6-7/h1-5,8,12,19H,6-7,9-10H2,(H,17,20)(H,22,23);2-6H,1H3. The van der Waals surface area contributed by atoms with E-state index in [0.717, 1.165) is 16.5 Å². The van der Waals surface area contributed by atoms with Crippen LogP contribution in [0.3, 0.4) is 0 Å². The third-order valence-electron chi connectivity index (χ3n) is 4.49. The first kappa shape index (κ1) is 22.7. The second-order valence-electron chi connectivity index (χ2n) is 6.89. The molecule has 1 heterocycles. The van der Waals surface area contributed by atoms with E-state index in [1.165, 1.54) is 5.56 Å². The van der Waals surface area contributed by atoms with Crippen LogP contribution in [0.15, 0.2) is 72.5 Å². The SMILES string of the molecule is Cc1ccccc1.O=C(O)CN1C(=O)C=C(O)C1CNC(=O)CCc1ccccc1. The second kappa shape index (κ2) is 11.4. The molecule has 2 aromatic rings. The number of nitrogens with one attached hydrogen (secondary N) is 1. The fourth-order valence-corrected chi connectivity index (χ4v) is 2.90. The number of aryl methyl sites for hydroxylation is 2. The molecule has 0 fully saturated rings. The van der Waals surface area contributed by atoms with Gasteiger partial charge in [-0.3, -0.25) is 14.4 Å². The third-order valence-corrected chi connectivity index (χ3v) is 4.49. The van der Waals surface area contributed by atoms with E-state index in [2.05, 4.69) is 24.4 Å². The van der Waals surface area contributed by atoms with Gasteiger partial charge >= 0.3 is 5.97 Å². The minimum atomic E-state index is -1.18. The molecule has 0 bridgehead atoms. The number of aliphatic hydroxyl groups is 1. The van der Waals surface area contributed by atoms with Crippen molar-refractivity contribution in [1.82, 2.24) is 10.2 Å². The molecule has 0 aromatic heterocycles. The van der Waals surface area contributed by atoms with Gasteiger partial charge in [-0.1, -0.05) is 66.2 Å². The van der Waals surface area contributed by atoms with Crippen LogP contribution in [0.1, 0.15) is 17.5 Å². The highest BCUT2D eigenvalue weighted by Crippen LogP contribution is 2.16. The van der Waals surface area contributed by atoms with Crippen LogP contribution >= 0.6 is 0 Å². The van der Waals surface area contributed by atoms with Gasteiger partial charge < -0.3 is 20.4 Å². The number of carbonyl (C=O) groups is 3. The van der Waals surface area contributed by atoms with Crippen molar-refractivity contribution in [3.8, 4) is 0 Å². The summed E-state index contributed by atoms with van der Waals surface area (Å²) in [6.07, 6.45) is 1.83. The number of aliphatic carboxylic acids is 1. The van der Waals surface area contributed by atoms with Crippen LogP contribution in [-0.2, 0) is 20.8 Å². The van der Waals surface area contributed by atoms with Crippen molar-refractivity contribution < 1.29 is 24.6 Å². The van der Waals surface area contributed by atoms with E-state index in [9.17, 15) is 19.5 Å². The molecule has 0 saturated carbocycles. The van der Waals surface area contributed by atoms with Crippen molar-refractivity contribution in [2.75, 3.05) is 13.1 Å². The maximum Gasteiger partial charge on any atom is 0.323 e. The molecule has 1 aliphatic rings.